The molecule has 1 atom stereocenters. The molecular weight excluding hydrogens is 214 g/mol. The standard InChI is InChI=1S/C14H31NS/c1-6-11-15-13(14(2,3)4)10-8-7-9-12-16-5/h13,15H,6-12H2,1-5H3. The molecule has 0 fully saturated rings. The number of hydrogen-bond donors (Lipinski definition) is 1. The molecule has 1 unspecified atom stereocenters. The highest BCUT2D eigenvalue weighted by atomic mass is 32.2. The smallest absolute Gasteiger partial charge is 0.0116 e. The molecule has 98 valence electrons. The van der Waals surface area contributed by atoms with Crippen molar-refractivity contribution in [3.05, 3.63) is 0 Å². The summed E-state index contributed by atoms with van der Waals surface area (Å²) >= 11 is 1.96. The second-order valence-corrected chi connectivity index (χ2v) is 6.70. The first-order valence-corrected chi connectivity index (χ1v) is 8.14. The Hall–Kier alpha value is 0.310. The normalized spacial score (nSPS) is 14.1. The van der Waals surface area contributed by atoms with Gasteiger partial charge in [-0.2, -0.15) is 11.8 Å². The molecule has 0 amide bonds. The van der Waals surface area contributed by atoms with Gasteiger partial charge in [-0.05, 0) is 43.2 Å². The van der Waals surface area contributed by atoms with Crippen LogP contribution >= 0.6 is 11.8 Å². The fourth-order valence-electron chi connectivity index (χ4n) is 1.93. The molecular formula is C14H31NS. The van der Waals surface area contributed by atoms with E-state index in [0.29, 0.717) is 11.5 Å². The Morgan fingerprint density at radius 3 is 2.31 bits per heavy atom. The van der Waals surface area contributed by atoms with Crippen LogP contribution < -0.4 is 5.32 Å². The fraction of sp³-hybridized carbons (Fsp3) is 1.00. The molecule has 0 radical (unpaired) electrons. The maximum absolute atomic E-state index is 3.70. The van der Waals surface area contributed by atoms with Gasteiger partial charge < -0.3 is 5.32 Å². The highest BCUT2D eigenvalue weighted by molar-refractivity contribution is 7.98. The second-order valence-electron chi connectivity index (χ2n) is 5.71. The van der Waals surface area contributed by atoms with Crippen LogP contribution in [0.4, 0.5) is 0 Å². The maximum atomic E-state index is 3.70. The van der Waals surface area contributed by atoms with Crippen LogP contribution in [-0.2, 0) is 0 Å². The van der Waals surface area contributed by atoms with Gasteiger partial charge in [0.05, 0.1) is 0 Å². The van der Waals surface area contributed by atoms with Crippen LogP contribution in [0.25, 0.3) is 0 Å². The SMILES string of the molecule is CCCNC(CCCCCSC)C(C)(C)C. The van der Waals surface area contributed by atoms with Gasteiger partial charge in [0.25, 0.3) is 0 Å². The summed E-state index contributed by atoms with van der Waals surface area (Å²) in [7, 11) is 0. The first kappa shape index (κ1) is 16.3. The molecule has 0 aromatic rings. The molecule has 0 aromatic carbocycles. The summed E-state index contributed by atoms with van der Waals surface area (Å²) in [4.78, 5) is 0. The summed E-state index contributed by atoms with van der Waals surface area (Å²) in [5, 5.41) is 3.70. The van der Waals surface area contributed by atoms with E-state index in [0.717, 1.165) is 6.54 Å². The van der Waals surface area contributed by atoms with Crippen LogP contribution in [0, 0.1) is 5.41 Å². The summed E-state index contributed by atoms with van der Waals surface area (Å²) in [6, 6.07) is 0.682. The van der Waals surface area contributed by atoms with Crippen LogP contribution in [0.3, 0.4) is 0 Å². The quantitative estimate of drug-likeness (QED) is 0.607. The lowest BCUT2D eigenvalue weighted by atomic mass is 9.83. The van der Waals surface area contributed by atoms with E-state index < -0.39 is 0 Å². The Balaban J connectivity index is 3.75. The van der Waals surface area contributed by atoms with Crippen molar-refractivity contribution < 1.29 is 0 Å². The predicted octanol–water partition coefficient (Wildman–Crippen LogP) is 4.32. The molecule has 0 saturated carbocycles. The van der Waals surface area contributed by atoms with E-state index in [4.69, 9.17) is 0 Å². The van der Waals surface area contributed by atoms with Gasteiger partial charge in [-0.1, -0.05) is 40.5 Å². The van der Waals surface area contributed by atoms with Gasteiger partial charge in [0.15, 0.2) is 0 Å². The van der Waals surface area contributed by atoms with E-state index in [1.165, 1.54) is 37.9 Å². The minimum absolute atomic E-state index is 0.397. The lowest BCUT2D eigenvalue weighted by molar-refractivity contribution is 0.250. The zero-order valence-electron chi connectivity index (χ0n) is 11.9. The molecule has 1 N–H and O–H groups in total. The largest absolute Gasteiger partial charge is 0.313 e. The van der Waals surface area contributed by atoms with E-state index >= 15 is 0 Å². The van der Waals surface area contributed by atoms with Crippen LogP contribution in [-0.4, -0.2) is 24.6 Å². The molecule has 0 aliphatic heterocycles. The van der Waals surface area contributed by atoms with Crippen LogP contribution in [0.1, 0.15) is 59.8 Å². The number of nitrogens with one attached hydrogen (secondary N) is 1. The zero-order valence-corrected chi connectivity index (χ0v) is 12.8. The molecule has 2 heteroatoms. The molecule has 0 aromatic heterocycles. The summed E-state index contributed by atoms with van der Waals surface area (Å²) in [6.45, 7) is 10.4. The average molecular weight is 245 g/mol. The van der Waals surface area contributed by atoms with E-state index in [1.807, 2.05) is 11.8 Å². The van der Waals surface area contributed by atoms with Crippen molar-refractivity contribution in [2.75, 3.05) is 18.6 Å². The van der Waals surface area contributed by atoms with Crippen molar-refractivity contribution in [1.82, 2.24) is 5.32 Å². The van der Waals surface area contributed by atoms with Crippen molar-refractivity contribution in [3.8, 4) is 0 Å². The highest BCUT2D eigenvalue weighted by Crippen LogP contribution is 2.23. The van der Waals surface area contributed by atoms with Gasteiger partial charge >= 0.3 is 0 Å². The molecule has 0 spiro atoms. The van der Waals surface area contributed by atoms with Gasteiger partial charge in [0.2, 0.25) is 0 Å². The zero-order chi connectivity index (χ0) is 12.4. The van der Waals surface area contributed by atoms with Gasteiger partial charge in [-0.15, -0.1) is 0 Å². The second kappa shape index (κ2) is 9.35. The van der Waals surface area contributed by atoms with Crippen LogP contribution in [0.15, 0.2) is 0 Å². The topological polar surface area (TPSA) is 12.0 Å². The van der Waals surface area contributed by atoms with Gasteiger partial charge in [-0.3, -0.25) is 0 Å². The Bertz CT molecular complexity index is 151. The van der Waals surface area contributed by atoms with E-state index in [-0.39, 0.29) is 0 Å². The fourth-order valence-corrected chi connectivity index (χ4v) is 2.42. The van der Waals surface area contributed by atoms with E-state index in [2.05, 4.69) is 39.3 Å². The van der Waals surface area contributed by atoms with Crippen LogP contribution in [0.2, 0.25) is 0 Å². The first-order valence-electron chi connectivity index (χ1n) is 6.74. The minimum Gasteiger partial charge on any atom is -0.313 e. The van der Waals surface area contributed by atoms with Crippen molar-refractivity contribution in [2.24, 2.45) is 5.41 Å². The maximum Gasteiger partial charge on any atom is 0.0116 e. The Morgan fingerprint density at radius 1 is 1.12 bits per heavy atom. The predicted molar refractivity (Wildman–Crippen MR) is 78.4 cm³/mol. The molecule has 0 heterocycles. The molecule has 1 nitrogen and oxygen atoms in total. The number of rotatable bonds is 9. The minimum atomic E-state index is 0.397. The highest BCUT2D eigenvalue weighted by Gasteiger charge is 2.22. The molecule has 0 aliphatic carbocycles. The average Bonchev–Trinajstić information content (AvgIpc) is 2.20. The van der Waals surface area contributed by atoms with Gasteiger partial charge in [-0.25, -0.2) is 0 Å². The number of unbranched alkanes of at least 4 members (excludes halogenated alkanes) is 2. The van der Waals surface area contributed by atoms with Crippen molar-refractivity contribution in [1.29, 1.82) is 0 Å². The number of hydrogen-bond acceptors (Lipinski definition) is 2. The first-order chi connectivity index (χ1) is 7.52. The Morgan fingerprint density at radius 2 is 1.81 bits per heavy atom. The van der Waals surface area contributed by atoms with Gasteiger partial charge in [0, 0.05) is 6.04 Å². The molecule has 0 bridgehead atoms. The lowest BCUT2D eigenvalue weighted by Gasteiger charge is -2.32. The number of thioether (sulfide) groups is 1. The summed E-state index contributed by atoms with van der Waals surface area (Å²) in [5.41, 5.74) is 0.397. The van der Waals surface area contributed by atoms with Crippen molar-refractivity contribution in [2.45, 2.75) is 65.8 Å². The Labute approximate surface area is 107 Å². The molecule has 0 aliphatic rings. The molecule has 0 rings (SSSR count). The third kappa shape index (κ3) is 8.46. The van der Waals surface area contributed by atoms with Crippen molar-refractivity contribution >= 4 is 11.8 Å². The van der Waals surface area contributed by atoms with E-state index in [9.17, 15) is 0 Å². The molecule has 0 saturated heterocycles. The monoisotopic (exact) mass is 245 g/mol. The Kier molecular flexibility index (Phi) is 9.53. The summed E-state index contributed by atoms with van der Waals surface area (Å²) in [5.74, 6) is 1.32. The van der Waals surface area contributed by atoms with E-state index in [1.54, 1.807) is 0 Å². The summed E-state index contributed by atoms with van der Waals surface area (Å²) < 4.78 is 0. The molecule has 16 heavy (non-hydrogen) atoms. The van der Waals surface area contributed by atoms with Gasteiger partial charge in [0.1, 0.15) is 0 Å². The summed E-state index contributed by atoms with van der Waals surface area (Å²) in [6.07, 6.45) is 8.91. The van der Waals surface area contributed by atoms with Crippen molar-refractivity contribution in [3.63, 3.8) is 0 Å². The van der Waals surface area contributed by atoms with Crippen LogP contribution in [0.5, 0.6) is 0 Å². The third-order valence-corrected chi connectivity index (χ3v) is 3.72. The third-order valence-electron chi connectivity index (χ3n) is 3.03. The lowest BCUT2D eigenvalue weighted by Crippen LogP contribution is -2.40.